The summed E-state index contributed by atoms with van der Waals surface area (Å²) in [5, 5.41) is 0. The summed E-state index contributed by atoms with van der Waals surface area (Å²) < 4.78 is 12.7. The van der Waals surface area contributed by atoms with Crippen LogP contribution in [0.1, 0.15) is 34.6 Å². The van der Waals surface area contributed by atoms with Gasteiger partial charge in [-0.05, 0) is 26.3 Å². The van der Waals surface area contributed by atoms with Gasteiger partial charge in [0.05, 0.1) is 0 Å². The third-order valence-electron chi connectivity index (χ3n) is 1.05. The summed E-state index contributed by atoms with van der Waals surface area (Å²) in [4.78, 5) is 3.54. The zero-order valence-electron chi connectivity index (χ0n) is 8.61. The quantitative estimate of drug-likeness (QED) is 0.559. The van der Waals surface area contributed by atoms with Gasteiger partial charge >= 0.3 is 0 Å². The Bertz CT molecular complexity index is 190. The number of hydrogen-bond donors (Lipinski definition) is 0. The van der Waals surface area contributed by atoms with Gasteiger partial charge in [-0.1, -0.05) is 26.5 Å². The van der Waals surface area contributed by atoms with Crippen molar-refractivity contribution < 1.29 is 4.39 Å². The van der Waals surface area contributed by atoms with Crippen LogP contribution >= 0.6 is 0 Å². The Morgan fingerprint density at radius 1 is 1.33 bits per heavy atom. The lowest BCUT2D eigenvalue weighted by molar-refractivity contribution is 0.799. The molecule has 0 saturated carbocycles. The van der Waals surface area contributed by atoms with Crippen LogP contribution in [0.3, 0.4) is 0 Å². The van der Waals surface area contributed by atoms with Crippen molar-refractivity contribution in [2.24, 2.45) is 4.99 Å². The maximum atomic E-state index is 12.7. The van der Waals surface area contributed by atoms with Crippen molar-refractivity contribution in [3.63, 3.8) is 0 Å². The first-order valence-electron chi connectivity index (χ1n) is 4.11. The predicted molar refractivity (Wildman–Crippen MR) is 54.1 cm³/mol. The Hall–Kier alpha value is -0.920. The van der Waals surface area contributed by atoms with E-state index in [0.717, 1.165) is 0 Å². The second-order valence-corrected chi connectivity index (χ2v) is 2.11. The van der Waals surface area contributed by atoms with E-state index >= 15 is 0 Å². The number of allylic oxidation sites excluding steroid dienone is 3. The zero-order valence-corrected chi connectivity index (χ0v) is 8.61. The molecule has 0 N–H and O–H groups in total. The summed E-state index contributed by atoms with van der Waals surface area (Å²) in [5.74, 6) is -0.449. The Kier molecular flexibility index (Phi) is 9.31. The van der Waals surface area contributed by atoms with Crippen LogP contribution < -0.4 is 0 Å². The molecule has 0 fully saturated rings. The van der Waals surface area contributed by atoms with Gasteiger partial charge < -0.3 is 0 Å². The number of hydrogen-bond acceptors (Lipinski definition) is 1. The summed E-state index contributed by atoms with van der Waals surface area (Å²) in [7, 11) is 0. The van der Waals surface area contributed by atoms with Crippen LogP contribution in [-0.2, 0) is 0 Å². The molecule has 12 heavy (non-hydrogen) atoms. The first-order valence-corrected chi connectivity index (χ1v) is 4.11. The summed E-state index contributed by atoms with van der Waals surface area (Å²) in [6, 6.07) is 0. The molecule has 0 unspecified atom stereocenters. The molecule has 0 aliphatic rings. The second kappa shape index (κ2) is 8.18. The minimum absolute atomic E-state index is 0.449. The van der Waals surface area contributed by atoms with Gasteiger partial charge in [0.25, 0.3) is 0 Å². The van der Waals surface area contributed by atoms with E-state index in [1.807, 2.05) is 13.8 Å². The van der Waals surface area contributed by atoms with E-state index in [2.05, 4.69) is 11.6 Å². The van der Waals surface area contributed by atoms with Gasteiger partial charge in [0, 0.05) is 5.70 Å². The summed E-state index contributed by atoms with van der Waals surface area (Å²) in [6.45, 7) is 12.5. The first-order chi connectivity index (χ1) is 5.57. The lowest BCUT2D eigenvalue weighted by Crippen LogP contribution is -1.89. The fraction of sp³-hybridized carbons (Fsp3) is 0.500. The molecule has 0 amide bonds. The average molecular weight is 171 g/mol. The van der Waals surface area contributed by atoms with Crippen LogP contribution in [0.4, 0.5) is 4.39 Å². The van der Waals surface area contributed by atoms with Crippen molar-refractivity contribution in [1.29, 1.82) is 0 Å². The number of halogens is 1. The monoisotopic (exact) mass is 171 g/mol. The van der Waals surface area contributed by atoms with Crippen molar-refractivity contribution in [1.82, 2.24) is 0 Å². The molecule has 0 radical (unpaired) electrons. The Morgan fingerprint density at radius 2 is 1.75 bits per heavy atom. The highest BCUT2D eigenvalue weighted by molar-refractivity contribution is 5.92. The molecule has 0 aromatic heterocycles. The lowest BCUT2D eigenvalue weighted by Gasteiger charge is -1.93. The molecular formula is C10H18FN. The van der Waals surface area contributed by atoms with E-state index in [9.17, 15) is 4.39 Å². The molecule has 1 nitrogen and oxygen atoms in total. The fourth-order valence-corrected chi connectivity index (χ4v) is 0.375. The van der Waals surface area contributed by atoms with E-state index in [1.54, 1.807) is 26.8 Å². The van der Waals surface area contributed by atoms with Crippen LogP contribution in [0.2, 0.25) is 0 Å². The van der Waals surface area contributed by atoms with Crippen molar-refractivity contribution in [2.45, 2.75) is 34.6 Å². The molecule has 0 saturated heterocycles. The molecule has 0 aromatic carbocycles. The van der Waals surface area contributed by atoms with Crippen molar-refractivity contribution in [3.05, 3.63) is 23.9 Å². The van der Waals surface area contributed by atoms with Gasteiger partial charge in [-0.2, -0.15) is 4.39 Å². The van der Waals surface area contributed by atoms with Crippen LogP contribution in [-0.4, -0.2) is 5.97 Å². The van der Waals surface area contributed by atoms with Gasteiger partial charge in [0.2, 0.25) is 5.97 Å². The van der Waals surface area contributed by atoms with Crippen molar-refractivity contribution in [2.75, 3.05) is 0 Å². The normalized spacial score (nSPS) is 11.8. The first kappa shape index (κ1) is 13.7. The minimum atomic E-state index is -0.449. The van der Waals surface area contributed by atoms with E-state index in [0.29, 0.717) is 11.3 Å². The van der Waals surface area contributed by atoms with Crippen LogP contribution in [0, 0.1) is 0 Å². The van der Waals surface area contributed by atoms with E-state index in [1.165, 1.54) is 0 Å². The molecule has 0 spiro atoms. The topological polar surface area (TPSA) is 12.4 Å². The zero-order chi connectivity index (χ0) is 10.1. The van der Waals surface area contributed by atoms with Gasteiger partial charge in [-0.3, -0.25) is 0 Å². The molecule has 2 heteroatoms. The highest BCUT2D eigenvalue weighted by atomic mass is 19.1. The van der Waals surface area contributed by atoms with Crippen LogP contribution in [0.15, 0.2) is 28.9 Å². The minimum Gasteiger partial charge on any atom is -0.226 e. The highest BCUT2D eigenvalue weighted by Crippen LogP contribution is 2.01. The maximum absolute atomic E-state index is 12.7. The molecule has 0 aliphatic carbocycles. The van der Waals surface area contributed by atoms with Crippen LogP contribution in [0.25, 0.3) is 0 Å². The molecule has 0 aromatic rings. The number of aliphatic imine (C=N–C) groups is 1. The average Bonchev–Trinajstić information content (AvgIpc) is 2.05. The third-order valence-corrected chi connectivity index (χ3v) is 1.05. The Labute approximate surface area is 74.7 Å². The molecule has 70 valence electrons. The SMILES string of the molecule is C=C(C)N=C(F)/C(C)=C\C.CC. The standard InChI is InChI=1S/C8H12FN.C2H6/c1-5-7(4)8(9)10-6(2)3;1-2/h5H,2H2,1,3-4H3;1-2H3/b7-5-,10-8?;. The van der Waals surface area contributed by atoms with E-state index in [4.69, 9.17) is 0 Å². The molecule has 0 rings (SSSR count). The number of rotatable bonds is 2. The molecule has 0 aliphatic heterocycles. The van der Waals surface area contributed by atoms with E-state index < -0.39 is 5.97 Å². The third kappa shape index (κ3) is 7.19. The maximum Gasteiger partial charge on any atom is 0.215 e. The second-order valence-electron chi connectivity index (χ2n) is 2.11. The van der Waals surface area contributed by atoms with Crippen molar-refractivity contribution >= 4 is 5.97 Å². The largest absolute Gasteiger partial charge is 0.226 e. The predicted octanol–water partition coefficient (Wildman–Crippen LogP) is 3.88. The van der Waals surface area contributed by atoms with Gasteiger partial charge in [-0.15, -0.1) is 0 Å². The Balaban J connectivity index is 0. The lowest BCUT2D eigenvalue weighted by atomic mass is 10.3. The van der Waals surface area contributed by atoms with Gasteiger partial charge in [0.1, 0.15) is 0 Å². The summed E-state index contributed by atoms with van der Waals surface area (Å²) >= 11 is 0. The van der Waals surface area contributed by atoms with Crippen molar-refractivity contribution in [3.8, 4) is 0 Å². The molecular weight excluding hydrogens is 153 g/mol. The summed E-state index contributed by atoms with van der Waals surface area (Å²) in [5.41, 5.74) is 1.03. The Morgan fingerprint density at radius 3 is 2.00 bits per heavy atom. The summed E-state index contributed by atoms with van der Waals surface area (Å²) in [6.07, 6.45) is 1.67. The number of nitrogens with zero attached hydrogens (tertiary/aromatic N) is 1. The smallest absolute Gasteiger partial charge is 0.215 e. The van der Waals surface area contributed by atoms with Crippen LogP contribution in [0.5, 0.6) is 0 Å². The molecule has 0 atom stereocenters. The highest BCUT2D eigenvalue weighted by Gasteiger charge is 1.96. The fourth-order valence-electron chi connectivity index (χ4n) is 0.375. The van der Waals surface area contributed by atoms with Gasteiger partial charge in [-0.25, -0.2) is 4.99 Å². The van der Waals surface area contributed by atoms with E-state index in [-0.39, 0.29) is 0 Å². The molecule has 0 bridgehead atoms. The molecule has 0 heterocycles. The van der Waals surface area contributed by atoms with Gasteiger partial charge in [0.15, 0.2) is 0 Å².